The average Bonchev–Trinajstić information content (AvgIpc) is 2.77. The van der Waals surface area contributed by atoms with Crippen LogP contribution in [-0.2, 0) is 13.0 Å². The molecule has 90 valence electrons. The molecule has 3 nitrogen and oxygen atoms in total. The molecule has 0 aliphatic heterocycles. The quantitative estimate of drug-likeness (QED) is 0.854. The van der Waals surface area contributed by atoms with Crippen molar-refractivity contribution in [3.63, 3.8) is 0 Å². The van der Waals surface area contributed by atoms with E-state index < -0.39 is 0 Å². The fraction of sp³-hybridized carbons (Fsp3) is 0.308. The van der Waals surface area contributed by atoms with Gasteiger partial charge in [-0.1, -0.05) is 18.2 Å². The molecule has 0 saturated heterocycles. The van der Waals surface area contributed by atoms with E-state index in [1.807, 2.05) is 23.9 Å². The SMILES string of the molecule is CNCCc1cn(Cc2ccccc2F)cn1. The lowest BCUT2D eigenvalue weighted by atomic mass is 10.2. The molecule has 1 aromatic carbocycles. The van der Waals surface area contributed by atoms with Gasteiger partial charge in [-0.3, -0.25) is 0 Å². The van der Waals surface area contributed by atoms with E-state index in [2.05, 4.69) is 10.3 Å². The summed E-state index contributed by atoms with van der Waals surface area (Å²) in [5.74, 6) is -0.169. The highest BCUT2D eigenvalue weighted by Crippen LogP contribution is 2.09. The van der Waals surface area contributed by atoms with Crippen LogP contribution in [-0.4, -0.2) is 23.1 Å². The van der Waals surface area contributed by atoms with Crippen molar-refractivity contribution >= 4 is 0 Å². The fourth-order valence-electron chi connectivity index (χ4n) is 1.70. The van der Waals surface area contributed by atoms with E-state index in [9.17, 15) is 4.39 Å². The maximum Gasteiger partial charge on any atom is 0.128 e. The Hall–Kier alpha value is -1.68. The molecule has 0 amide bonds. The number of aromatic nitrogens is 2. The molecule has 0 aliphatic carbocycles. The van der Waals surface area contributed by atoms with Crippen LogP contribution in [0.15, 0.2) is 36.8 Å². The minimum atomic E-state index is -0.169. The summed E-state index contributed by atoms with van der Waals surface area (Å²) in [6.07, 6.45) is 4.60. The smallest absolute Gasteiger partial charge is 0.128 e. The van der Waals surface area contributed by atoms with Gasteiger partial charge in [0.25, 0.3) is 0 Å². The van der Waals surface area contributed by atoms with Crippen LogP contribution in [0.1, 0.15) is 11.3 Å². The van der Waals surface area contributed by atoms with Crippen LogP contribution in [0.5, 0.6) is 0 Å². The Balaban J connectivity index is 2.04. The molecule has 2 rings (SSSR count). The molecule has 2 aromatic rings. The molecule has 0 atom stereocenters. The molecule has 4 heteroatoms. The molecule has 0 unspecified atom stereocenters. The van der Waals surface area contributed by atoms with E-state index in [4.69, 9.17) is 0 Å². The first kappa shape index (κ1) is 11.8. The van der Waals surface area contributed by atoms with E-state index in [1.165, 1.54) is 6.07 Å². The second kappa shape index (κ2) is 5.59. The second-order valence-corrected chi connectivity index (χ2v) is 3.98. The molecule has 17 heavy (non-hydrogen) atoms. The van der Waals surface area contributed by atoms with Crippen LogP contribution in [0.25, 0.3) is 0 Å². The predicted octanol–water partition coefficient (Wildman–Crippen LogP) is 1.83. The molecule has 1 heterocycles. The Morgan fingerprint density at radius 3 is 2.94 bits per heavy atom. The van der Waals surface area contributed by atoms with Gasteiger partial charge in [0, 0.05) is 24.7 Å². The van der Waals surface area contributed by atoms with Crippen LogP contribution in [0.4, 0.5) is 4.39 Å². The van der Waals surface area contributed by atoms with Crippen molar-refractivity contribution in [1.82, 2.24) is 14.9 Å². The summed E-state index contributed by atoms with van der Waals surface area (Å²) in [4.78, 5) is 4.28. The molecule has 0 saturated carbocycles. The van der Waals surface area contributed by atoms with Crippen LogP contribution in [0, 0.1) is 5.82 Å². The van der Waals surface area contributed by atoms with Gasteiger partial charge in [0.05, 0.1) is 18.6 Å². The Labute approximate surface area is 100 Å². The number of hydrogen-bond acceptors (Lipinski definition) is 2. The number of imidazole rings is 1. The van der Waals surface area contributed by atoms with Crippen molar-refractivity contribution in [2.75, 3.05) is 13.6 Å². The zero-order valence-corrected chi connectivity index (χ0v) is 9.86. The van der Waals surface area contributed by atoms with Gasteiger partial charge in [-0.2, -0.15) is 0 Å². The highest BCUT2D eigenvalue weighted by atomic mass is 19.1. The topological polar surface area (TPSA) is 29.9 Å². The van der Waals surface area contributed by atoms with Crippen molar-refractivity contribution in [1.29, 1.82) is 0 Å². The third-order valence-corrected chi connectivity index (χ3v) is 2.63. The molecule has 0 bridgehead atoms. The van der Waals surface area contributed by atoms with Gasteiger partial charge >= 0.3 is 0 Å². The first-order chi connectivity index (χ1) is 8.29. The van der Waals surface area contributed by atoms with Gasteiger partial charge in [0.1, 0.15) is 5.82 Å². The largest absolute Gasteiger partial charge is 0.333 e. The van der Waals surface area contributed by atoms with Crippen LogP contribution >= 0.6 is 0 Å². The third kappa shape index (κ3) is 3.14. The fourth-order valence-corrected chi connectivity index (χ4v) is 1.70. The van der Waals surface area contributed by atoms with E-state index in [1.54, 1.807) is 18.5 Å². The van der Waals surface area contributed by atoms with E-state index in [-0.39, 0.29) is 5.82 Å². The van der Waals surface area contributed by atoms with Gasteiger partial charge in [-0.05, 0) is 13.1 Å². The summed E-state index contributed by atoms with van der Waals surface area (Å²) in [6.45, 7) is 1.43. The predicted molar refractivity (Wildman–Crippen MR) is 65.4 cm³/mol. The van der Waals surface area contributed by atoms with Crippen molar-refractivity contribution in [2.24, 2.45) is 0 Å². The van der Waals surface area contributed by atoms with Gasteiger partial charge in [0.2, 0.25) is 0 Å². The van der Waals surface area contributed by atoms with Crippen LogP contribution < -0.4 is 5.32 Å². The molecule has 1 N–H and O–H groups in total. The lowest BCUT2D eigenvalue weighted by Gasteiger charge is -2.03. The number of hydrogen-bond donors (Lipinski definition) is 1. The normalized spacial score (nSPS) is 10.7. The molecular formula is C13H16FN3. The Morgan fingerprint density at radius 2 is 2.18 bits per heavy atom. The zero-order chi connectivity index (χ0) is 12.1. The molecule has 0 fully saturated rings. The Morgan fingerprint density at radius 1 is 1.35 bits per heavy atom. The monoisotopic (exact) mass is 233 g/mol. The molecule has 0 aliphatic rings. The second-order valence-electron chi connectivity index (χ2n) is 3.98. The standard InChI is InChI=1S/C13H16FN3/c1-15-7-6-12-9-17(10-16-12)8-11-4-2-3-5-13(11)14/h2-5,9-10,15H,6-8H2,1H3. The summed E-state index contributed by atoms with van der Waals surface area (Å²) in [5, 5.41) is 3.07. The summed E-state index contributed by atoms with van der Waals surface area (Å²) in [5.41, 5.74) is 1.71. The van der Waals surface area contributed by atoms with Crippen molar-refractivity contribution < 1.29 is 4.39 Å². The van der Waals surface area contributed by atoms with Crippen molar-refractivity contribution in [3.8, 4) is 0 Å². The van der Waals surface area contributed by atoms with Gasteiger partial charge in [0.15, 0.2) is 0 Å². The highest BCUT2D eigenvalue weighted by molar-refractivity contribution is 5.18. The first-order valence-corrected chi connectivity index (χ1v) is 5.68. The minimum absolute atomic E-state index is 0.169. The number of nitrogens with one attached hydrogen (secondary N) is 1. The Bertz CT molecular complexity index is 479. The van der Waals surface area contributed by atoms with Crippen LogP contribution in [0.2, 0.25) is 0 Å². The van der Waals surface area contributed by atoms with Crippen molar-refractivity contribution in [3.05, 3.63) is 53.9 Å². The minimum Gasteiger partial charge on any atom is -0.333 e. The average molecular weight is 233 g/mol. The number of nitrogens with zero attached hydrogens (tertiary/aromatic N) is 2. The lowest BCUT2D eigenvalue weighted by Crippen LogP contribution is -2.10. The van der Waals surface area contributed by atoms with Gasteiger partial charge in [-0.15, -0.1) is 0 Å². The number of benzene rings is 1. The lowest BCUT2D eigenvalue weighted by molar-refractivity contribution is 0.599. The molecule has 0 spiro atoms. The number of rotatable bonds is 5. The number of halogens is 1. The van der Waals surface area contributed by atoms with Gasteiger partial charge < -0.3 is 9.88 Å². The molecular weight excluding hydrogens is 217 g/mol. The van der Waals surface area contributed by atoms with Crippen molar-refractivity contribution in [2.45, 2.75) is 13.0 Å². The van der Waals surface area contributed by atoms with Gasteiger partial charge in [-0.25, -0.2) is 9.37 Å². The summed E-state index contributed by atoms with van der Waals surface area (Å²) >= 11 is 0. The zero-order valence-electron chi connectivity index (χ0n) is 9.86. The van der Waals surface area contributed by atoms with E-state index in [0.29, 0.717) is 12.1 Å². The molecule has 0 radical (unpaired) electrons. The van der Waals surface area contributed by atoms with E-state index in [0.717, 1.165) is 18.7 Å². The highest BCUT2D eigenvalue weighted by Gasteiger charge is 2.03. The maximum atomic E-state index is 13.4. The van der Waals surface area contributed by atoms with Crippen LogP contribution in [0.3, 0.4) is 0 Å². The summed E-state index contributed by atoms with van der Waals surface area (Å²) < 4.78 is 15.3. The third-order valence-electron chi connectivity index (χ3n) is 2.63. The summed E-state index contributed by atoms with van der Waals surface area (Å²) in [7, 11) is 1.91. The first-order valence-electron chi connectivity index (χ1n) is 5.68. The summed E-state index contributed by atoms with van der Waals surface area (Å²) in [6, 6.07) is 6.82. The Kier molecular flexibility index (Phi) is 3.88. The van der Waals surface area contributed by atoms with E-state index >= 15 is 0 Å². The number of likely N-dealkylation sites (N-methyl/N-ethyl adjacent to an activating group) is 1. The molecule has 1 aromatic heterocycles. The maximum absolute atomic E-state index is 13.4.